The van der Waals surface area contributed by atoms with Crippen LogP contribution in [0.15, 0.2) is 77.0 Å². The van der Waals surface area contributed by atoms with Crippen LogP contribution in [0.5, 0.6) is 5.88 Å². The Kier molecular flexibility index (Phi) is 6.53. The first kappa shape index (κ1) is 22.0. The zero-order valence-electron chi connectivity index (χ0n) is 17.8. The number of thiocarbonyl (C=S) groups is 1. The molecule has 162 valence electrons. The summed E-state index contributed by atoms with van der Waals surface area (Å²) in [6.07, 6.45) is 0.877. The van der Waals surface area contributed by atoms with E-state index < -0.39 is 0 Å². The number of hydrogen-bond acceptors (Lipinski definition) is 3. The van der Waals surface area contributed by atoms with Crippen LogP contribution in [-0.4, -0.2) is 14.8 Å². The summed E-state index contributed by atoms with van der Waals surface area (Å²) in [5.41, 5.74) is 5.40. The molecule has 32 heavy (non-hydrogen) atoms. The summed E-state index contributed by atoms with van der Waals surface area (Å²) in [5.74, 6) is 0.0304. The molecule has 0 amide bonds. The maximum absolute atomic E-state index is 11.0. The molecule has 0 bridgehead atoms. The number of halogens is 1. The Labute approximate surface area is 197 Å². The van der Waals surface area contributed by atoms with Crippen molar-refractivity contribution in [1.82, 2.24) is 4.57 Å². The standard InChI is InChI=1S/C25H23ClN4OS/c1-3-18-10-6-8-16(2)22(18)27-25(32)29-28-23-20-12-4-5-13-21(20)30(24(23)31)15-17-9-7-11-19(26)14-17/h4-14,31H,3,15H2,1-2H3,(H,27,32). The number of rotatable bonds is 5. The zero-order chi connectivity index (χ0) is 22.7. The maximum Gasteiger partial charge on any atom is 0.221 e. The minimum atomic E-state index is 0.0304. The van der Waals surface area contributed by atoms with Gasteiger partial charge in [0.25, 0.3) is 0 Å². The van der Waals surface area contributed by atoms with E-state index in [1.54, 1.807) is 4.57 Å². The summed E-state index contributed by atoms with van der Waals surface area (Å²) in [5, 5.41) is 24.4. The van der Waals surface area contributed by atoms with Crippen molar-refractivity contribution in [2.75, 3.05) is 5.32 Å². The fraction of sp³-hybridized carbons (Fsp3) is 0.160. The topological polar surface area (TPSA) is 61.9 Å². The van der Waals surface area contributed by atoms with Crippen molar-refractivity contribution in [2.24, 2.45) is 10.2 Å². The Bertz CT molecular complexity index is 1330. The number of aromatic nitrogens is 1. The van der Waals surface area contributed by atoms with Gasteiger partial charge >= 0.3 is 0 Å². The van der Waals surface area contributed by atoms with E-state index in [1.807, 2.05) is 67.6 Å². The fourth-order valence-corrected chi connectivity index (χ4v) is 4.13. The Hall–Kier alpha value is -3.22. The molecule has 0 radical (unpaired) electrons. The van der Waals surface area contributed by atoms with Gasteiger partial charge in [0, 0.05) is 16.1 Å². The normalized spacial score (nSPS) is 11.3. The van der Waals surface area contributed by atoms with Gasteiger partial charge in [-0.1, -0.05) is 67.1 Å². The number of benzene rings is 3. The van der Waals surface area contributed by atoms with Gasteiger partial charge in [-0.25, -0.2) is 0 Å². The average molecular weight is 463 g/mol. The molecule has 4 aromatic rings. The first-order valence-corrected chi connectivity index (χ1v) is 11.1. The van der Waals surface area contributed by atoms with Crippen molar-refractivity contribution < 1.29 is 5.11 Å². The van der Waals surface area contributed by atoms with Crippen LogP contribution in [0.1, 0.15) is 23.6 Å². The molecule has 4 rings (SSSR count). The highest BCUT2D eigenvalue weighted by Gasteiger charge is 2.17. The quantitative estimate of drug-likeness (QED) is 0.240. The van der Waals surface area contributed by atoms with E-state index in [0.29, 0.717) is 17.3 Å². The Morgan fingerprint density at radius 1 is 1.09 bits per heavy atom. The monoisotopic (exact) mass is 462 g/mol. The fourth-order valence-electron chi connectivity index (χ4n) is 3.78. The van der Waals surface area contributed by atoms with Gasteiger partial charge in [-0.3, -0.25) is 0 Å². The number of fused-ring (bicyclic) bond motifs is 1. The van der Waals surface area contributed by atoms with Gasteiger partial charge in [0.1, 0.15) is 0 Å². The summed E-state index contributed by atoms with van der Waals surface area (Å²) in [6, 6.07) is 21.3. The molecule has 3 aromatic carbocycles. The van der Waals surface area contributed by atoms with E-state index in [2.05, 4.69) is 28.5 Å². The maximum atomic E-state index is 11.0. The minimum Gasteiger partial charge on any atom is -0.493 e. The van der Waals surface area contributed by atoms with Gasteiger partial charge in [-0.15, -0.1) is 10.2 Å². The molecule has 0 spiro atoms. The molecule has 0 saturated carbocycles. The highest BCUT2D eigenvalue weighted by atomic mass is 35.5. The number of hydrogen-bond donors (Lipinski definition) is 2. The van der Waals surface area contributed by atoms with Crippen LogP contribution in [0.4, 0.5) is 11.4 Å². The molecule has 0 aliphatic carbocycles. The smallest absolute Gasteiger partial charge is 0.221 e. The molecular weight excluding hydrogens is 440 g/mol. The van der Waals surface area contributed by atoms with Crippen molar-refractivity contribution >= 4 is 51.2 Å². The first-order chi connectivity index (χ1) is 15.5. The van der Waals surface area contributed by atoms with E-state index in [1.165, 1.54) is 0 Å². The number of azo groups is 1. The van der Waals surface area contributed by atoms with Crippen molar-refractivity contribution in [3.8, 4) is 5.88 Å². The summed E-state index contributed by atoms with van der Waals surface area (Å²) in [4.78, 5) is 0. The van der Waals surface area contributed by atoms with Crippen molar-refractivity contribution in [3.05, 3.63) is 88.4 Å². The number of nitrogens with one attached hydrogen (secondary N) is 1. The van der Waals surface area contributed by atoms with Gasteiger partial charge in [0.15, 0.2) is 5.69 Å². The minimum absolute atomic E-state index is 0.0304. The predicted molar refractivity (Wildman–Crippen MR) is 135 cm³/mol. The van der Waals surface area contributed by atoms with Crippen molar-refractivity contribution in [2.45, 2.75) is 26.8 Å². The Morgan fingerprint density at radius 3 is 2.66 bits per heavy atom. The number of aromatic hydroxyl groups is 1. The van der Waals surface area contributed by atoms with Crippen LogP contribution >= 0.6 is 23.8 Å². The molecule has 0 unspecified atom stereocenters. The summed E-state index contributed by atoms with van der Waals surface area (Å²) < 4.78 is 1.79. The van der Waals surface area contributed by atoms with Crippen LogP contribution in [0, 0.1) is 6.92 Å². The lowest BCUT2D eigenvalue weighted by Gasteiger charge is -2.12. The lowest BCUT2D eigenvalue weighted by molar-refractivity contribution is 0.429. The van der Waals surface area contributed by atoms with Gasteiger partial charge in [0.05, 0.1) is 12.1 Å². The van der Waals surface area contributed by atoms with Crippen LogP contribution < -0.4 is 5.32 Å². The molecule has 1 aromatic heterocycles. The number of para-hydroxylation sites is 2. The zero-order valence-corrected chi connectivity index (χ0v) is 19.4. The largest absolute Gasteiger partial charge is 0.493 e. The van der Waals surface area contributed by atoms with E-state index in [0.717, 1.165) is 39.7 Å². The van der Waals surface area contributed by atoms with Crippen LogP contribution in [-0.2, 0) is 13.0 Å². The van der Waals surface area contributed by atoms with Crippen LogP contribution in [0.25, 0.3) is 10.9 Å². The average Bonchev–Trinajstić information content (AvgIpc) is 3.04. The molecule has 0 aliphatic heterocycles. The van der Waals surface area contributed by atoms with Gasteiger partial charge in [0.2, 0.25) is 11.0 Å². The van der Waals surface area contributed by atoms with Gasteiger partial charge in [-0.05, 0) is 60.5 Å². The third-order valence-corrected chi connectivity index (χ3v) is 5.78. The molecule has 0 saturated heterocycles. The van der Waals surface area contributed by atoms with E-state index in [9.17, 15) is 5.11 Å². The van der Waals surface area contributed by atoms with Crippen molar-refractivity contribution in [3.63, 3.8) is 0 Å². The van der Waals surface area contributed by atoms with Crippen LogP contribution in [0.3, 0.4) is 0 Å². The molecule has 0 aliphatic rings. The molecule has 0 atom stereocenters. The van der Waals surface area contributed by atoms with Crippen molar-refractivity contribution in [1.29, 1.82) is 0 Å². The third-order valence-electron chi connectivity index (χ3n) is 5.36. The second-order valence-corrected chi connectivity index (χ2v) is 8.32. The Morgan fingerprint density at radius 2 is 1.88 bits per heavy atom. The van der Waals surface area contributed by atoms with Gasteiger partial charge in [-0.2, -0.15) is 0 Å². The van der Waals surface area contributed by atoms with Gasteiger partial charge < -0.3 is 15.0 Å². The van der Waals surface area contributed by atoms with E-state index in [-0.39, 0.29) is 11.0 Å². The lowest BCUT2D eigenvalue weighted by Crippen LogP contribution is -2.08. The molecule has 0 fully saturated rings. The summed E-state index contributed by atoms with van der Waals surface area (Å²) in [7, 11) is 0. The number of nitrogens with zero attached hydrogens (tertiary/aromatic N) is 3. The third kappa shape index (κ3) is 4.52. The second kappa shape index (κ2) is 9.51. The van der Waals surface area contributed by atoms with Crippen LogP contribution in [0.2, 0.25) is 5.02 Å². The highest BCUT2D eigenvalue weighted by Crippen LogP contribution is 2.39. The van der Waals surface area contributed by atoms with E-state index >= 15 is 0 Å². The Balaban J connectivity index is 1.66. The second-order valence-electron chi connectivity index (χ2n) is 7.50. The molecule has 7 heteroatoms. The van der Waals surface area contributed by atoms with E-state index in [4.69, 9.17) is 23.8 Å². The summed E-state index contributed by atoms with van der Waals surface area (Å²) in [6.45, 7) is 4.57. The predicted octanol–water partition coefficient (Wildman–Crippen LogP) is 7.40. The molecule has 5 nitrogen and oxygen atoms in total. The number of anilines is 1. The highest BCUT2D eigenvalue weighted by molar-refractivity contribution is 7.80. The molecule has 2 N–H and O–H groups in total. The first-order valence-electron chi connectivity index (χ1n) is 10.3. The molecular formula is C25H23ClN4OS. The number of aryl methyl sites for hydroxylation is 2. The summed E-state index contributed by atoms with van der Waals surface area (Å²) >= 11 is 11.6. The SMILES string of the molecule is CCc1cccc(C)c1NC(=S)N=Nc1c(O)n(Cc2cccc(Cl)c2)c2ccccc12. The lowest BCUT2D eigenvalue weighted by atomic mass is 10.1. The molecule has 1 heterocycles.